The molecule has 0 spiro atoms. The molecule has 2 aromatic heterocycles. The standard InChI is InChI=1S/C25H27ClN4O4/c1-4-20(34-17-19-10-7-6-8-11-19)12-9-15-29-23(21-13-14-27-16-22(21)26)28-30(25(29)32)18(3)24(31)33-5-2/h4,6-14,16,18H,5,15,17H2,1-3H3/b12-9-,20-4+. The first kappa shape index (κ1) is 25.0. The molecule has 2 heterocycles. The molecule has 8 nitrogen and oxygen atoms in total. The van der Waals surface area contributed by atoms with E-state index in [0.29, 0.717) is 28.8 Å². The predicted molar refractivity (Wildman–Crippen MR) is 130 cm³/mol. The van der Waals surface area contributed by atoms with Gasteiger partial charge in [0.2, 0.25) is 0 Å². The average molecular weight is 483 g/mol. The Balaban J connectivity index is 1.87. The lowest BCUT2D eigenvalue weighted by molar-refractivity contribution is -0.146. The number of pyridine rings is 1. The lowest BCUT2D eigenvalue weighted by Gasteiger charge is -2.09. The molecule has 1 unspecified atom stereocenters. The molecule has 3 aromatic rings. The maximum Gasteiger partial charge on any atom is 0.347 e. The summed E-state index contributed by atoms with van der Waals surface area (Å²) in [5.41, 5.74) is 1.12. The zero-order valence-corrected chi connectivity index (χ0v) is 20.1. The van der Waals surface area contributed by atoms with Crippen LogP contribution in [0.2, 0.25) is 5.02 Å². The van der Waals surface area contributed by atoms with Crippen molar-refractivity contribution in [2.24, 2.45) is 0 Å². The Morgan fingerprint density at radius 1 is 1.21 bits per heavy atom. The van der Waals surface area contributed by atoms with Crippen LogP contribution in [0, 0.1) is 0 Å². The summed E-state index contributed by atoms with van der Waals surface area (Å²) < 4.78 is 13.5. The van der Waals surface area contributed by atoms with Gasteiger partial charge in [-0.1, -0.05) is 48.0 Å². The summed E-state index contributed by atoms with van der Waals surface area (Å²) in [6.07, 6.45) is 8.47. The predicted octanol–water partition coefficient (Wildman–Crippen LogP) is 4.56. The van der Waals surface area contributed by atoms with Gasteiger partial charge in [0.05, 0.1) is 11.6 Å². The number of esters is 1. The molecular formula is C25H27ClN4O4. The van der Waals surface area contributed by atoms with E-state index in [0.717, 1.165) is 10.2 Å². The minimum absolute atomic E-state index is 0.189. The number of carbonyl (C=O) groups excluding carboxylic acids is 1. The molecule has 34 heavy (non-hydrogen) atoms. The minimum Gasteiger partial charge on any atom is -0.489 e. The highest BCUT2D eigenvalue weighted by atomic mass is 35.5. The molecule has 9 heteroatoms. The van der Waals surface area contributed by atoms with Crippen molar-refractivity contribution in [3.8, 4) is 11.4 Å². The van der Waals surface area contributed by atoms with Crippen LogP contribution in [0.15, 0.2) is 77.6 Å². The molecule has 1 atom stereocenters. The van der Waals surface area contributed by atoms with E-state index in [1.54, 1.807) is 38.3 Å². The monoisotopic (exact) mass is 482 g/mol. The Hall–Kier alpha value is -3.65. The Morgan fingerprint density at radius 3 is 2.65 bits per heavy atom. The fourth-order valence-electron chi connectivity index (χ4n) is 3.19. The first-order valence-electron chi connectivity index (χ1n) is 10.9. The number of rotatable bonds is 10. The third-order valence-electron chi connectivity index (χ3n) is 5.00. The first-order valence-corrected chi connectivity index (χ1v) is 11.3. The molecule has 0 aliphatic rings. The van der Waals surface area contributed by atoms with Crippen molar-refractivity contribution in [2.75, 3.05) is 6.61 Å². The third kappa shape index (κ3) is 6.02. The van der Waals surface area contributed by atoms with E-state index in [9.17, 15) is 9.59 Å². The van der Waals surface area contributed by atoms with Gasteiger partial charge in [0, 0.05) is 24.5 Å². The van der Waals surface area contributed by atoms with E-state index in [4.69, 9.17) is 21.1 Å². The summed E-state index contributed by atoms with van der Waals surface area (Å²) in [7, 11) is 0. The van der Waals surface area contributed by atoms with Crippen molar-refractivity contribution in [1.29, 1.82) is 0 Å². The number of benzene rings is 1. The zero-order valence-electron chi connectivity index (χ0n) is 19.3. The van der Waals surface area contributed by atoms with Gasteiger partial charge in [0.1, 0.15) is 12.4 Å². The highest BCUT2D eigenvalue weighted by molar-refractivity contribution is 6.33. The number of nitrogens with zero attached hydrogens (tertiary/aromatic N) is 4. The second-order valence-corrected chi connectivity index (χ2v) is 7.72. The van der Waals surface area contributed by atoms with Crippen molar-refractivity contribution in [1.82, 2.24) is 19.3 Å². The van der Waals surface area contributed by atoms with Gasteiger partial charge in [-0.05, 0) is 44.6 Å². The van der Waals surface area contributed by atoms with Gasteiger partial charge in [-0.2, -0.15) is 4.68 Å². The number of aromatic nitrogens is 4. The summed E-state index contributed by atoms with van der Waals surface area (Å²) in [4.78, 5) is 29.4. The van der Waals surface area contributed by atoms with E-state index in [2.05, 4.69) is 10.1 Å². The topological polar surface area (TPSA) is 88.2 Å². The number of halogens is 1. The molecule has 0 N–H and O–H groups in total. The van der Waals surface area contributed by atoms with Crippen LogP contribution in [0.5, 0.6) is 0 Å². The Labute approximate surface area is 203 Å². The van der Waals surface area contributed by atoms with Crippen LogP contribution >= 0.6 is 11.6 Å². The van der Waals surface area contributed by atoms with E-state index in [-0.39, 0.29) is 13.2 Å². The van der Waals surface area contributed by atoms with Crippen LogP contribution in [0.1, 0.15) is 32.4 Å². The van der Waals surface area contributed by atoms with Gasteiger partial charge >= 0.3 is 11.7 Å². The van der Waals surface area contributed by atoms with Crippen molar-refractivity contribution < 1.29 is 14.3 Å². The molecule has 0 aliphatic carbocycles. The van der Waals surface area contributed by atoms with Gasteiger partial charge in [0.15, 0.2) is 11.9 Å². The summed E-state index contributed by atoms with van der Waals surface area (Å²) in [6, 6.07) is 10.6. The van der Waals surface area contributed by atoms with Crippen molar-refractivity contribution in [3.63, 3.8) is 0 Å². The average Bonchev–Trinajstić information content (AvgIpc) is 3.17. The molecule has 0 bridgehead atoms. The van der Waals surface area contributed by atoms with Gasteiger partial charge in [-0.25, -0.2) is 9.59 Å². The Bertz CT molecular complexity index is 1230. The third-order valence-corrected chi connectivity index (χ3v) is 5.30. The Kier molecular flexibility index (Phi) is 8.81. The maximum absolute atomic E-state index is 13.2. The van der Waals surface area contributed by atoms with Crippen molar-refractivity contribution in [2.45, 2.75) is 40.0 Å². The maximum atomic E-state index is 13.2. The molecule has 0 fully saturated rings. The van der Waals surface area contributed by atoms with Crippen LogP contribution in [0.3, 0.4) is 0 Å². The van der Waals surface area contributed by atoms with Gasteiger partial charge in [-0.15, -0.1) is 5.10 Å². The van der Waals surface area contributed by atoms with E-state index in [1.807, 2.05) is 43.3 Å². The summed E-state index contributed by atoms with van der Waals surface area (Å²) in [5.74, 6) is 0.445. The van der Waals surface area contributed by atoms with Crippen molar-refractivity contribution in [3.05, 3.63) is 93.8 Å². The zero-order chi connectivity index (χ0) is 24.5. The van der Waals surface area contributed by atoms with Crippen LogP contribution in [0.4, 0.5) is 0 Å². The number of ether oxygens (including phenoxy) is 2. The first-order chi connectivity index (χ1) is 16.5. The minimum atomic E-state index is -0.891. The molecule has 0 saturated carbocycles. The number of hydrogen-bond donors (Lipinski definition) is 0. The molecule has 178 valence electrons. The number of carbonyl (C=O) groups is 1. The molecule has 1 aromatic carbocycles. The second-order valence-electron chi connectivity index (χ2n) is 7.31. The second kappa shape index (κ2) is 12.0. The quantitative estimate of drug-likeness (QED) is 0.239. The molecule has 0 amide bonds. The number of allylic oxidation sites excluding steroid dienone is 3. The summed E-state index contributed by atoms with van der Waals surface area (Å²) in [6.45, 7) is 5.97. The number of hydrogen-bond acceptors (Lipinski definition) is 6. The van der Waals surface area contributed by atoms with E-state index < -0.39 is 17.7 Å². The smallest absolute Gasteiger partial charge is 0.347 e. The molecule has 3 rings (SSSR count). The Morgan fingerprint density at radius 2 is 1.97 bits per heavy atom. The van der Waals surface area contributed by atoms with Gasteiger partial charge in [-0.3, -0.25) is 9.55 Å². The lowest BCUT2D eigenvalue weighted by Crippen LogP contribution is -2.31. The van der Waals surface area contributed by atoms with Gasteiger partial charge < -0.3 is 9.47 Å². The van der Waals surface area contributed by atoms with Crippen LogP contribution in [0.25, 0.3) is 11.4 Å². The fraction of sp³-hybridized carbons (Fsp3) is 0.280. The van der Waals surface area contributed by atoms with Crippen molar-refractivity contribution >= 4 is 17.6 Å². The van der Waals surface area contributed by atoms with Gasteiger partial charge in [0.25, 0.3) is 0 Å². The highest BCUT2D eigenvalue weighted by Gasteiger charge is 2.24. The summed E-state index contributed by atoms with van der Waals surface area (Å²) in [5, 5.41) is 4.75. The molecule has 0 radical (unpaired) electrons. The highest BCUT2D eigenvalue weighted by Crippen LogP contribution is 2.25. The normalized spacial score (nSPS) is 12.6. The largest absolute Gasteiger partial charge is 0.489 e. The van der Waals surface area contributed by atoms with Crippen LogP contribution in [-0.4, -0.2) is 31.9 Å². The van der Waals surface area contributed by atoms with Crippen LogP contribution in [-0.2, 0) is 27.4 Å². The lowest BCUT2D eigenvalue weighted by atomic mass is 10.2. The van der Waals surface area contributed by atoms with E-state index >= 15 is 0 Å². The molecule has 0 aliphatic heterocycles. The van der Waals surface area contributed by atoms with Crippen LogP contribution < -0.4 is 5.69 Å². The summed E-state index contributed by atoms with van der Waals surface area (Å²) >= 11 is 6.32. The van der Waals surface area contributed by atoms with E-state index in [1.165, 1.54) is 10.8 Å². The molecular weight excluding hydrogens is 456 g/mol. The SMILES string of the molecule is C/C=C(\C=C/Cn1c(-c2ccncc2Cl)nn(C(C)C(=O)OCC)c1=O)OCc1ccccc1. The fourth-order valence-corrected chi connectivity index (χ4v) is 3.40. The molecule has 0 saturated heterocycles.